The van der Waals surface area contributed by atoms with Gasteiger partial charge in [0.1, 0.15) is 73.2 Å². The molecule has 13 rings (SSSR count). The number of nitrogens with one attached hydrogen (secondary N) is 6. The van der Waals surface area contributed by atoms with Crippen LogP contribution in [0.4, 0.5) is 0 Å². The number of hydrogen-bond donors (Lipinski definition) is 14. The summed E-state index contributed by atoms with van der Waals surface area (Å²) in [5.74, 6) is 0. The Morgan fingerprint density at radius 3 is 0.821 bits per heavy atom. The van der Waals surface area contributed by atoms with Gasteiger partial charge in [-0.3, -0.25) is 57.4 Å². The molecule has 13 heterocycles. The van der Waals surface area contributed by atoms with Crippen LogP contribution >= 0.6 is 0 Å². The van der Waals surface area contributed by atoms with Crippen molar-refractivity contribution in [2.75, 3.05) is 0 Å². The Kier molecular flexibility index (Phi) is 13.1. The second-order valence-corrected chi connectivity index (χ2v) is 20.4. The number of aliphatic hydroxyl groups excluding tert-OH is 8. The van der Waals surface area contributed by atoms with Crippen molar-refractivity contribution in [3.8, 4) is 0 Å². The summed E-state index contributed by atoms with van der Waals surface area (Å²) in [7, 11) is 0. The van der Waals surface area contributed by atoms with Crippen molar-refractivity contribution in [3.05, 3.63) is 202 Å². The lowest BCUT2D eigenvalue weighted by Crippen LogP contribution is -2.37. The van der Waals surface area contributed by atoms with Crippen LogP contribution in [-0.4, -0.2) is 148 Å². The zero-order chi connectivity index (χ0) is 58.9. The van der Waals surface area contributed by atoms with E-state index >= 15 is 0 Å². The Balaban J connectivity index is 1.09. The molecule has 4 saturated heterocycles. The molecule has 434 valence electrons. The third-order valence-corrected chi connectivity index (χ3v) is 15.5. The van der Waals surface area contributed by atoms with Gasteiger partial charge in [0, 0.05) is 93.4 Å². The van der Waals surface area contributed by atoms with E-state index < -0.39 is 143 Å². The zero-order valence-electron chi connectivity index (χ0n) is 42.6. The molecular weight excluding hydrogens is 1110 g/mol. The molecule has 8 bridgehead atoms. The molecular formula is C52H46N12O20. The van der Waals surface area contributed by atoms with E-state index in [1.807, 2.05) is 0 Å². The monoisotopic (exact) mass is 1160 g/mol. The van der Waals surface area contributed by atoms with E-state index in [1.54, 1.807) is 0 Å². The Bertz CT molecular complexity index is 4410. The molecule has 0 aromatic carbocycles. The maximum Gasteiger partial charge on any atom is 0.330 e. The maximum atomic E-state index is 13.1. The predicted octanol–water partition coefficient (Wildman–Crippen LogP) is -3.98. The summed E-state index contributed by atoms with van der Waals surface area (Å²) in [4.78, 5) is 126. The number of fused-ring (bicyclic) bond motifs is 8. The third kappa shape index (κ3) is 8.79. The highest BCUT2D eigenvalue weighted by Crippen LogP contribution is 2.48. The van der Waals surface area contributed by atoms with Crippen LogP contribution in [-0.2, 0) is 18.9 Å². The minimum atomic E-state index is -1.89. The minimum Gasteiger partial charge on any atom is -0.387 e. The molecule has 0 radical (unpaired) electrons. The number of aliphatic hydroxyl groups is 8. The Hall–Kier alpha value is -9.16. The number of hydrogen-bond acceptors (Lipinski definition) is 22. The normalized spacial score (nSPS) is 30.0. The Morgan fingerprint density at radius 2 is 0.548 bits per heavy atom. The molecule has 6 aliphatic rings. The number of rotatable bonds is 8. The molecule has 4 fully saturated rings. The van der Waals surface area contributed by atoms with Gasteiger partial charge in [-0.1, -0.05) is 0 Å². The van der Waals surface area contributed by atoms with Crippen LogP contribution in [0, 0.1) is 0 Å². The topological polar surface area (TPSA) is 476 Å². The average molecular weight is 1160 g/mol. The van der Waals surface area contributed by atoms with Crippen LogP contribution in [0.15, 0.2) is 112 Å². The SMILES string of the molecule is O=c1ccn([C@@H]2O[C@H](c3c4nc(c([C@H]5O[C@@H](n6ccc(=O)[nH]c6=O)[C@H](O)[C@@H]5O)c5ccc([nH]5)c([C@H]5O[C@@H](n6ccc(=O)[nH]c6=O)[C@H](O)[C@@H]5O)c5ccc([nH]5)c([C@H]5O[C@@H](n6ccc(=O)[nH]c6=O)[C@H](O)[C@@H]5O)c5nc3C=C5)C=C4)[C@@H](O)[C@H]2O)c(=O)[nH]1. The highest BCUT2D eigenvalue weighted by molar-refractivity contribution is 5.84. The lowest BCUT2D eigenvalue weighted by Gasteiger charge is -2.18. The van der Waals surface area contributed by atoms with E-state index in [0.29, 0.717) is 0 Å². The van der Waals surface area contributed by atoms with Crippen molar-refractivity contribution in [1.82, 2.24) is 58.1 Å². The number of aromatic nitrogens is 12. The van der Waals surface area contributed by atoms with E-state index in [4.69, 9.17) is 28.9 Å². The van der Waals surface area contributed by atoms with Crippen molar-refractivity contribution in [2.45, 2.75) is 98.2 Å². The van der Waals surface area contributed by atoms with Gasteiger partial charge in [0.15, 0.2) is 24.9 Å². The average Bonchev–Trinajstić information content (AvgIpc) is 2.06. The molecule has 84 heavy (non-hydrogen) atoms. The molecule has 16 atom stereocenters. The summed E-state index contributed by atoms with van der Waals surface area (Å²) in [5, 5.41) is 94.5. The molecule has 0 unspecified atom stereocenters. The second-order valence-electron chi connectivity index (χ2n) is 20.4. The third-order valence-electron chi connectivity index (χ3n) is 15.5. The highest BCUT2D eigenvalue weighted by atomic mass is 16.6. The largest absolute Gasteiger partial charge is 0.387 e. The van der Waals surface area contributed by atoms with Gasteiger partial charge in [0.05, 0.1) is 22.8 Å². The highest BCUT2D eigenvalue weighted by Gasteiger charge is 2.51. The fourth-order valence-electron chi connectivity index (χ4n) is 11.5. The van der Waals surface area contributed by atoms with E-state index in [9.17, 15) is 79.2 Å². The van der Waals surface area contributed by atoms with Gasteiger partial charge >= 0.3 is 22.8 Å². The first-order valence-electron chi connectivity index (χ1n) is 25.7. The molecule has 0 amide bonds. The molecule has 32 heteroatoms. The van der Waals surface area contributed by atoms with Crippen LogP contribution in [0.5, 0.6) is 0 Å². The van der Waals surface area contributed by atoms with Crippen LogP contribution in [0.1, 0.15) is 94.4 Å². The van der Waals surface area contributed by atoms with E-state index in [2.05, 4.69) is 29.9 Å². The zero-order valence-corrected chi connectivity index (χ0v) is 42.6. The first-order valence-corrected chi connectivity index (χ1v) is 25.7. The van der Waals surface area contributed by atoms with E-state index in [-0.39, 0.29) is 67.1 Å². The number of ether oxygens (including phenoxy) is 4. The van der Waals surface area contributed by atoms with Crippen molar-refractivity contribution in [3.63, 3.8) is 0 Å². The Labute approximate surface area is 463 Å². The summed E-state index contributed by atoms with van der Waals surface area (Å²) in [6.45, 7) is 0. The summed E-state index contributed by atoms with van der Waals surface area (Å²) < 4.78 is 28.7. The Morgan fingerprint density at radius 1 is 0.310 bits per heavy atom. The number of aromatic amines is 6. The summed E-state index contributed by atoms with van der Waals surface area (Å²) in [6, 6.07) is 9.90. The molecule has 7 aromatic heterocycles. The number of H-pyrrole nitrogens is 6. The van der Waals surface area contributed by atoms with Gasteiger partial charge in [0.2, 0.25) is 0 Å². The van der Waals surface area contributed by atoms with Crippen LogP contribution in [0.25, 0.3) is 46.4 Å². The predicted molar refractivity (Wildman–Crippen MR) is 284 cm³/mol. The van der Waals surface area contributed by atoms with Gasteiger partial charge in [0.25, 0.3) is 22.2 Å². The fraction of sp³-hybridized carbons (Fsp3) is 0.308. The van der Waals surface area contributed by atoms with E-state index in [1.165, 1.54) is 48.6 Å². The minimum absolute atomic E-state index is 0.0195. The molecule has 0 saturated carbocycles. The first kappa shape index (κ1) is 54.1. The van der Waals surface area contributed by atoms with Crippen LogP contribution < -0.4 is 45.0 Å². The standard InChI is InChI=1S/C52H46N12O20/c65-25-9-13-61(49(77)57-25)45-37(73)33(69)41(81-45)29-17-1-2-18(53-17)30(42-34(70)38(74)46(82-42)62-14-10-26(66)58-50(62)78)20-5-6-22(55-20)32(44-36(72)40(76)48(84-44)64-16-12-28(68)60-52(64)80)24-8-7-23(56-24)31(21-4-3-19(29)54-21)43-35(71)39(75)47(83-43)63-15-11-27(67)59-51(63)79/h1-16,33-48,53-54,69-76H,(H,57,65,77)(H,58,66,78)(H,59,67,79)(H,60,68,80)/t33-,34-,35-,36-,37+,38+,39+,40+,41+,42+,43+,44+,45+,46+,47+,48+/m0/s1. The van der Waals surface area contributed by atoms with Gasteiger partial charge in [-0.15, -0.1) is 0 Å². The maximum absolute atomic E-state index is 13.1. The van der Waals surface area contributed by atoms with Gasteiger partial charge in [-0.05, 0) is 48.6 Å². The van der Waals surface area contributed by atoms with Crippen molar-refractivity contribution in [2.24, 2.45) is 0 Å². The summed E-state index contributed by atoms with van der Waals surface area (Å²) in [6.07, 6.45) is -18.1. The van der Waals surface area contributed by atoms with Gasteiger partial charge in [-0.2, -0.15) is 0 Å². The van der Waals surface area contributed by atoms with Crippen molar-refractivity contribution >= 4 is 46.4 Å². The van der Waals surface area contributed by atoms with Crippen LogP contribution in [0.3, 0.4) is 0 Å². The molecule has 7 aromatic rings. The first-order chi connectivity index (χ1) is 40.2. The van der Waals surface area contributed by atoms with Gasteiger partial charge < -0.3 is 69.8 Å². The quantitative estimate of drug-likeness (QED) is 0.0690. The molecule has 14 N–H and O–H groups in total. The summed E-state index contributed by atoms with van der Waals surface area (Å²) in [5.41, 5.74) is -7.10. The molecule has 0 spiro atoms. The smallest absolute Gasteiger partial charge is 0.330 e. The fourth-order valence-corrected chi connectivity index (χ4v) is 11.5. The van der Waals surface area contributed by atoms with Crippen LogP contribution in [0.2, 0.25) is 0 Å². The summed E-state index contributed by atoms with van der Waals surface area (Å²) >= 11 is 0. The van der Waals surface area contributed by atoms with E-state index in [0.717, 1.165) is 67.3 Å². The van der Waals surface area contributed by atoms with Crippen molar-refractivity contribution in [1.29, 1.82) is 0 Å². The lowest BCUT2D eigenvalue weighted by atomic mass is 9.99. The number of nitrogens with zero attached hydrogens (tertiary/aromatic N) is 6. The molecule has 6 aliphatic heterocycles. The van der Waals surface area contributed by atoms with Crippen molar-refractivity contribution < 1.29 is 59.8 Å². The van der Waals surface area contributed by atoms with Gasteiger partial charge in [-0.25, -0.2) is 29.1 Å². The lowest BCUT2D eigenvalue weighted by molar-refractivity contribution is -0.0411. The second kappa shape index (κ2) is 20.3. The molecule has 32 nitrogen and oxygen atoms in total. The molecule has 0 aliphatic carbocycles.